The van der Waals surface area contributed by atoms with E-state index in [1.807, 2.05) is 0 Å². The average molecular weight is 220 g/mol. The Morgan fingerprint density at radius 3 is 2.62 bits per heavy atom. The molecule has 2 aliphatic carbocycles. The van der Waals surface area contributed by atoms with Gasteiger partial charge in [-0.25, -0.2) is 0 Å². The first kappa shape index (κ1) is 10.8. The maximum atomic E-state index is 6.36. The number of hydrogen-bond acceptors (Lipinski definition) is 1. The van der Waals surface area contributed by atoms with Gasteiger partial charge in [0.25, 0.3) is 0 Å². The molecule has 0 N–H and O–H groups in total. The molecule has 1 saturated heterocycles. The monoisotopic (exact) mass is 220 g/mol. The van der Waals surface area contributed by atoms with Gasteiger partial charge in [-0.05, 0) is 37.5 Å². The van der Waals surface area contributed by atoms with Crippen molar-refractivity contribution in [2.45, 2.75) is 52.1 Å². The Hall–Kier alpha value is -0.300. The summed E-state index contributed by atoms with van der Waals surface area (Å²) in [6.45, 7) is 8.16. The molecule has 0 aromatic heterocycles. The van der Waals surface area contributed by atoms with Crippen LogP contribution in [0, 0.1) is 23.7 Å². The molecule has 1 heteroatoms. The summed E-state index contributed by atoms with van der Waals surface area (Å²) in [5.41, 5.74) is 1.84. The van der Waals surface area contributed by atoms with E-state index in [2.05, 4.69) is 26.8 Å². The summed E-state index contributed by atoms with van der Waals surface area (Å²) in [5.74, 6) is 3.02. The van der Waals surface area contributed by atoms with Gasteiger partial charge >= 0.3 is 0 Å². The molecule has 90 valence electrons. The summed E-state index contributed by atoms with van der Waals surface area (Å²) in [5, 5.41) is 0. The Bertz CT molecular complexity index is 311. The van der Waals surface area contributed by atoms with Crippen LogP contribution >= 0.6 is 0 Å². The van der Waals surface area contributed by atoms with Crippen molar-refractivity contribution in [3.63, 3.8) is 0 Å². The molecule has 0 aromatic rings. The maximum Gasteiger partial charge on any atom is 0.0750 e. The number of allylic oxidation sites excluding steroid dienone is 1. The molecule has 1 aliphatic heterocycles. The number of ether oxygens (including phenoxy) is 1. The molecule has 16 heavy (non-hydrogen) atoms. The first-order chi connectivity index (χ1) is 7.64. The van der Waals surface area contributed by atoms with Crippen molar-refractivity contribution in [1.29, 1.82) is 0 Å². The van der Waals surface area contributed by atoms with Crippen LogP contribution in [0.4, 0.5) is 0 Å². The molecule has 0 aromatic carbocycles. The van der Waals surface area contributed by atoms with Crippen LogP contribution < -0.4 is 0 Å². The number of rotatable bonds is 0. The normalized spacial score (nSPS) is 45.8. The van der Waals surface area contributed by atoms with Crippen molar-refractivity contribution < 1.29 is 4.74 Å². The quantitative estimate of drug-likeness (QED) is 0.564. The minimum atomic E-state index is 0.233. The first-order valence-electron chi connectivity index (χ1n) is 6.96. The molecule has 3 aliphatic rings. The van der Waals surface area contributed by atoms with E-state index in [0.717, 1.165) is 18.4 Å². The number of fused-ring (bicyclic) bond motifs is 3. The zero-order valence-electron chi connectivity index (χ0n) is 10.8. The van der Waals surface area contributed by atoms with Crippen LogP contribution in [0.25, 0.3) is 0 Å². The Morgan fingerprint density at radius 1 is 1.25 bits per heavy atom. The molecule has 0 unspecified atom stereocenters. The van der Waals surface area contributed by atoms with Crippen LogP contribution in [0.3, 0.4) is 0 Å². The minimum Gasteiger partial charge on any atom is -0.374 e. The third kappa shape index (κ3) is 1.33. The molecule has 0 radical (unpaired) electrons. The Labute approximate surface area is 99.3 Å². The second kappa shape index (κ2) is 3.60. The van der Waals surface area contributed by atoms with Crippen LogP contribution in [-0.4, -0.2) is 12.2 Å². The highest BCUT2D eigenvalue weighted by molar-refractivity contribution is 5.21. The Kier molecular flexibility index (Phi) is 2.43. The lowest BCUT2D eigenvalue weighted by molar-refractivity contribution is -0.160. The van der Waals surface area contributed by atoms with Crippen LogP contribution in [0.1, 0.15) is 46.5 Å². The molecular weight excluding hydrogens is 196 g/mol. The second-order valence-electron chi connectivity index (χ2n) is 6.35. The predicted molar refractivity (Wildman–Crippen MR) is 66.2 cm³/mol. The van der Waals surface area contributed by atoms with Crippen LogP contribution in [0.2, 0.25) is 0 Å². The second-order valence-corrected chi connectivity index (χ2v) is 6.35. The van der Waals surface area contributed by atoms with Crippen LogP contribution in [-0.2, 0) is 4.74 Å². The van der Waals surface area contributed by atoms with E-state index in [4.69, 9.17) is 4.74 Å². The van der Waals surface area contributed by atoms with Gasteiger partial charge < -0.3 is 4.74 Å². The summed E-state index contributed by atoms with van der Waals surface area (Å²) in [6, 6.07) is 0. The molecular formula is C15H24O. The van der Waals surface area contributed by atoms with Gasteiger partial charge in [0.05, 0.1) is 12.2 Å². The highest BCUT2D eigenvalue weighted by atomic mass is 16.5. The molecule has 2 fully saturated rings. The molecule has 0 amide bonds. The summed E-state index contributed by atoms with van der Waals surface area (Å²) >= 11 is 0. The fraction of sp³-hybridized carbons (Fsp3) is 0.867. The lowest BCUT2D eigenvalue weighted by Gasteiger charge is -2.53. The van der Waals surface area contributed by atoms with Crippen molar-refractivity contribution >= 4 is 0 Å². The number of hydrogen-bond donors (Lipinski definition) is 0. The SMILES string of the molecule is CC1=C[C@@H](C)[C@H]2COC3(CCCC3)[C@H]1[C@@H]2C. The standard InChI is InChI=1S/C15H24O/c1-10-8-11(2)14-12(3)13(10)9-16-15(14)6-4-5-7-15/h8,10,12-14H,4-7,9H2,1-3H3/t10-,12-,13-,14-/m1/s1. The summed E-state index contributed by atoms with van der Waals surface area (Å²) < 4.78 is 6.36. The summed E-state index contributed by atoms with van der Waals surface area (Å²) in [7, 11) is 0. The van der Waals surface area contributed by atoms with Crippen molar-refractivity contribution in [2.24, 2.45) is 23.7 Å². The summed E-state index contributed by atoms with van der Waals surface area (Å²) in [6.07, 6.45) is 7.87. The van der Waals surface area contributed by atoms with E-state index in [-0.39, 0.29) is 5.60 Å². The van der Waals surface area contributed by atoms with Crippen LogP contribution in [0.5, 0.6) is 0 Å². The Balaban J connectivity index is 1.99. The van der Waals surface area contributed by atoms with E-state index in [9.17, 15) is 0 Å². The van der Waals surface area contributed by atoms with Gasteiger partial charge in [0, 0.05) is 5.92 Å². The van der Waals surface area contributed by atoms with E-state index in [0.29, 0.717) is 11.8 Å². The molecule has 1 spiro atoms. The maximum absolute atomic E-state index is 6.36. The third-order valence-electron chi connectivity index (χ3n) is 5.47. The molecule has 2 bridgehead atoms. The molecule has 1 heterocycles. The minimum absolute atomic E-state index is 0.233. The van der Waals surface area contributed by atoms with Gasteiger partial charge in [-0.2, -0.15) is 0 Å². The smallest absolute Gasteiger partial charge is 0.0750 e. The van der Waals surface area contributed by atoms with Gasteiger partial charge in [0.1, 0.15) is 0 Å². The van der Waals surface area contributed by atoms with E-state index in [1.54, 1.807) is 5.57 Å². The zero-order valence-corrected chi connectivity index (χ0v) is 10.8. The van der Waals surface area contributed by atoms with Gasteiger partial charge in [0.15, 0.2) is 0 Å². The van der Waals surface area contributed by atoms with Gasteiger partial charge in [-0.3, -0.25) is 0 Å². The topological polar surface area (TPSA) is 9.23 Å². The molecule has 3 rings (SSSR count). The van der Waals surface area contributed by atoms with Crippen molar-refractivity contribution in [1.82, 2.24) is 0 Å². The lowest BCUT2D eigenvalue weighted by Crippen LogP contribution is -2.53. The third-order valence-corrected chi connectivity index (χ3v) is 5.47. The zero-order chi connectivity index (χ0) is 11.3. The lowest BCUT2D eigenvalue weighted by atomic mass is 9.61. The fourth-order valence-corrected chi connectivity index (χ4v) is 4.76. The van der Waals surface area contributed by atoms with Crippen LogP contribution in [0.15, 0.2) is 11.6 Å². The van der Waals surface area contributed by atoms with E-state index in [1.165, 1.54) is 25.7 Å². The van der Waals surface area contributed by atoms with E-state index < -0.39 is 0 Å². The molecule has 4 atom stereocenters. The van der Waals surface area contributed by atoms with E-state index >= 15 is 0 Å². The van der Waals surface area contributed by atoms with Crippen molar-refractivity contribution in [3.05, 3.63) is 11.6 Å². The summed E-state index contributed by atoms with van der Waals surface area (Å²) in [4.78, 5) is 0. The van der Waals surface area contributed by atoms with Gasteiger partial charge in [0.2, 0.25) is 0 Å². The van der Waals surface area contributed by atoms with Gasteiger partial charge in [-0.1, -0.05) is 38.3 Å². The predicted octanol–water partition coefficient (Wildman–Crippen LogP) is 3.79. The fourth-order valence-electron chi connectivity index (χ4n) is 4.76. The average Bonchev–Trinajstić information content (AvgIpc) is 2.65. The van der Waals surface area contributed by atoms with Gasteiger partial charge in [-0.15, -0.1) is 0 Å². The highest BCUT2D eigenvalue weighted by Gasteiger charge is 2.52. The molecule has 1 saturated carbocycles. The largest absolute Gasteiger partial charge is 0.374 e. The van der Waals surface area contributed by atoms with Crippen molar-refractivity contribution in [3.8, 4) is 0 Å². The molecule has 1 nitrogen and oxygen atoms in total. The van der Waals surface area contributed by atoms with Crippen molar-refractivity contribution in [2.75, 3.05) is 6.61 Å². The first-order valence-corrected chi connectivity index (χ1v) is 6.96. The highest BCUT2D eigenvalue weighted by Crippen LogP contribution is 2.54. The Morgan fingerprint density at radius 2 is 1.94 bits per heavy atom.